The number of para-hydroxylation sites is 1. The molecule has 1 saturated heterocycles. The van der Waals surface area contributed by atoms with Gasteiger partial charge in [-0.2, -0.15) is 18.2 Å². The van der Waals surface area contributed by atoms with Crippen molar-refractivity contribution in [1.29, 1.82) is 0 Å². The summed E-state index contributed by atoms with van der Waals surface area (Å²) < 4.78 is 4.81. The first kappa shape index (κ1) is 18.3. The average molecular weight is 291 g/mol. The van der Waals surface area contributed by atoms with Crippen molar-refractivity contribution in [1.82, 2.24) is 0 Å². The molecule has 4 nitrogen and oxygen atoms in total. The van der Waals surface area contributed by atoms with E-state index in [-0.39, 0.29) is 18.9 Å². The SMILES string of the molecule is O=C(O)C1CCCO1.[C-]1=CC=CC1=CNc1ccccc1.[Li+]. The van der Waals surface area contributed by atoms with Gasteiger partial charge >= 0.3 is 24.8 Å². The van der Waals surface area contributed by atoms with Crippen molar-refractivity contribution >= 4 is 11.7 Å². The molecule has 2 aliphatic rings. The van der Waals surface area contributed by atoms with Crippen LogP contribution in [0.4, 0.5) is 5.69 Å². The number of carboxylic acids is 1. The number of anilines is 1. The molecule has 1 heterocycles. The van der Waals surface area contributed by atoms with E-state index in [9.17, 15) is 4.79 Å². The number of nitrogens with one attached hydrogen (secondary N) is 1. The summed E-state index contributed by atoms with van der Waals surface area (Å²) in [6.07, 6.45) is 12.0. The van der Waals surface area contributed by atoms with Crippen molar-refractivity contribution in [3.05, 3.63) is 66.4 Å². The number of allylic oxidation sites excluding steroid dienone is 5. The Morgan fingerprint density at radius 3 is 2.64 bits per heavy atom. The van der Waals surface area contributed by atoms with Crippen LogP contribution in [0.2, 0.25) is 0 Å². The van der Waals surface area contributed by atoms with Crippen molar-refractivity contribution in [3.8, 4) is 0 Å². The molecule has 1 aromatic carbocycles. The third-order valence-corrected chi connectivity index (χ3v) is 3.00. The maximum absolute atomic E-state index is 10.1. The second-order valence-corrected chi connectivity index (χ2v) is 4.62. The molecule has 0 saturated carbocycles. The van der Waals surface area contributed by atoms with Crippen LogP contribution >= 0.6 is 0 Å². The van der Waals surface area contributed by atoms with Gasteiger partial charge in [-0.15, -0.1) is 11.6 Å². The Morgan fingerprint density at radius 2 is 2.14 bits per heavy atom. The van der Waals surface area contributed by atoms with Crippen LogP contribution in [0.5, 0.6) is 0 Å². The molecule has 1 unspecified atom stereocenters. The number of aliphatic carboxylic acids is 1. The zero-order chi connectivity index (χ0) is 14.9. The van der Waals surface area contributed by atoms with Crippen LogP contribution in [0.3, 0.4) is 0 Å². The largest absolute Gasteiger partial charge is 1.00 e. The van der Waals surface area contributed by atoms with Crippen LogP contribution in [0, 0.1) is 6.08 Å². The molecule has 110 valence electrons. The van der Waals surface area contributed by atoms with Crippen molar-refractivity contribution in [2.75, 3.05) is 11.9 Å². The monoisotopic (exact) mass is 291 g/mol. The minimum absolute atomic E-state index is 0. The summed E-state index contributed by atoms with van der Waals surface area (Å²) in [5.74, 6) is -0.831. The van der Waals surface area contributed by atoms with Gasteiger partial charge in [0.25, 0.3) is 0 Å². The standard InChI is InChI=1S/C12H10N.C5H8O3.Li/c1-2-8-12(9-3-1)13-10-11-6-4-5-7-11;6-5(7)4-2-1-3-8-4;/h1-6,8-10,13H;4H,1-3H2,(H,6,7);/q-1;;+1. The van der Waals surface area contributed by atoms with Gasteiger partial charge in [-0.25, -0.2) is 4.79 Å². The number of ether oxygens (including phenoxy) is 1. The molecule has 1 aliphatic carbocycles. The Hall–Kier alpha value is -1.73. The summed E-state index contributed by atoms with van der Waals surface area (Å²) >= 11 is 0. The first-order valence-electron chi connectivity index (χ1n) is 6.88. The Kier molecular flexibility index (Phi) is 8.38. The zero-order valence-electron chi connectivity index (χ0n) is 12.7. The first-order valence-corrected chi connectivity index (χ1v) is 6.88. The molecule has 0 radical (unpaired) electrons. The van der Waals surface area contributed by atoms with Crippen LogP contribution in [0.25, 0.3) is 0 Å². The van der Waals surface area contributed by atoms with Gasteiger partial charge in [-0.05, 0) is 25.0 Å². The Labute approximate surface area is 142 Å². The van der Waals surface area contributed by atoms with E-state index in [1.54, 1.807) is 0 Å². The molecular formula is C17H18LiNO3. The normalized spacial score (nSPS) is 20.2. The number of hydrogen-bond acceptors (Lipinski definition) is 3. The van der Waals surface area contributed by atoms with Crippen molar-refractivity contribution in [3.63, 3.8) is 0 Å². The van der Waals surface area contributed by atoms with E-state index in [1.165, 1.54) is 0 Å². The van der Waals surface area contributed by atoms with E-state index < -0.39 is 12.1 Å². The van der Waals surface area contributed by atoms with Crippen LogP contribution in [0.1, 0.15) is 12.8 Å². The molecular weight excluding hydrogens is 273 g/mol. The molecule has 1 aliphatic heterocycles. The second kappa shape index (κ2) is 10.1. The number of carboxylic acid groups (broad SMARTS) is 1. The van der Waals surface area contributed by atoms with E-state index >= 15 is 0 Å². The summed E-state index contributed by atoms with van der Waals surface area (Å²) in [4.78, 5) is 10.1. The van der Waals surface area contributed by atoms with Gasteiger partial charge in [0.2, 0.25) is 0 Å². The van der Waals surface area contributed by atoms with Gasteiger partial charge in [-0.1, -0.05) is 24.4 Å². The molecule has 1 aromatic rings. The van der Waals surface area contributed by atoms with Gasteiger partial charge < -0.3 is 15.2 Å². The van der Waals surface area contributed by atoms with E-state index in [1.807, 2.05) is 54.8 Å². The fraction of sp³-hybridized carbons (Fsp3) is 0.235. The first-order chi connectivity index (χ1) is 10.3. The number of carbonyl (C=O) groups is 1. The summed E-state index contributed by atoms with van der Waals surface area (Å²) in [6, 6.07) is 10.1. The summed E-state index contributed by atoms with van der Waals surface area (Å²) in [7, 11) is 0. The van der Waals surface area contributed by atoms with Gasteiger partial charge in [-0.3, -0.25) is 0 Å². The van der Waals surface area contributed by atoms with E-state index in [4.69, 9.17) is 9.84 Å². The van der Waals surface area contributed by atoms with E-state index in [2.05, 4.69) is 11.4 Å². The van der Waals surface area contributed by atoms with Crippen molar-refractivity contribution in [2.45, 2.75) is 18.9 Å². The zero-order valence-corrected chi connectivity index (χ0v) is 12.7. The fourth-order valence-electron chi connectivity index (χ4n) is 1.90. The fourth-order valence-corrected chi connectivity index (χ4v) is 1.90. The van der Waals surface area contributed by atoms with Crippen LogP contribution < -0.4 is 24.2 Å². The minimum atomic E-state index is -0.831. The average Bonchev–Trinajstić information content (AvgIpc) is 3.20. The van der Waals surface area contributed by atoms with E-state index in [0.717, 1.165) is 17.7 Å². The third kappa shape index (κ3) is 6.36. The van der Waals surface area contributed by atoms with Gasteiger partial charge in [0.05, 0.1) is 0 Å². The topological polar surface area (TPSA) is 58.6 Å². The molecule has 3 rings (SSSR count). The molecule has 1 fully saturated rings. The molecule has 1 atom stereocenters. The molecule has 0 spiro atoms. The third-order valence-electron chi connectivity index (χ3n) is 3.00. The van der Waals surface area contributed by atoms with Crippen LogP contribution in [-0.4, -0.2) is 23.8 Å². The summed E-state index contributed by atoms with van der Waals surface area (Å²) in [5, 5.41) is 11.5. The molecule has 5 heteroatoms. The van der Waals surface area contributed by atoms with E-state index in [0.29, 0.717) is 13.0 Å². The van der Waals surface area contributed by atoms with Crippen LogP contribution in [-0.2, 0) is 9.53 Å². The maximum atomic E-state index is 10.1. The van der Waals surface area contributed by atoms with Gasteiger partial charge in [0, 0.05) is 12.3 Å². The molecule has 0 amide bonds. The van der Waals surface area contributed by atoms with Crippen molar-refractivity contribution < 1.29 is 33.5 Å². The summed E-state index contributed by atoms with van der Waals surface area (Å²) in [5.41, 5.74) is 2.17. The van der Waals surface area contributed by atoms with Gasteiger partial charge in [0.1, 0.15) is 0 Å². The minimum Gasteiger partial charge on any atom is -0.479 e. The number of rotatable bonds is 3. The maximum Gasteiger partial charge on any atom is 1.00 e. The Morgan fingerprint density at radius 1 is 1.36 bits per heavy atom. The van der Waals surface area contributed by atoms with Crippen molar-refractivity contribution in [2.24, 2.45) is 0 Å². The Bertz CT molecular complexity index is 532. The predicted molar refractivity (Wildman–Crippen MR) is 81.7 cm³/mol. The van der Waals surface area contributed by atoms with Crippen LogP contribution in [0.15, 0.2) is 60.3 Å². The molecule has 0 bridgehead atoms. The quantitative estimate of drug-likeness (QED) is 0.615. The Balaban J connectivity index is 0.000000234. The number of hydrogen-bond donors (Lipinski definition) is 2. The second-order valence-electron chi connectivity index (χ2n) is 4.62. The molecule has 22 heavy (non-hydrogen) atoms. The molecule has 2 N–H and O–H groups in total. The predicted octanol–water partition coefficient (Wildman–Crippen LogP) is 0.166. The smallest absolute Gasteiger partial charge is 0.479 e. The molecule has 0 aromatic heterocycles. The van der Waals surface area contributed by atoms with Gasteiger partial charge in [0.15, 0.2) is 6.10 Å². The number of benzene rings is 1. The summed E-state index contributed by atoms with van der Waals surface area (Å²) in [6.45, 7) is 0.608.